The second-order valence-corrected chi connectivity index (χ2v) is 7.36. The summed E-state index contributed by atoms with van der Waals surface area (Å²) in [5.74, 6) is -0.241. The molecule has 2 aromatic heterocycles. The normalized spacial score (nSPS) is 16.0. The van der Waals surface area contributed by atoms with Crippen molar-refractivity contribution in [1.82, 2.24) is 10.3 Å². The third-order valence-corrected chi connectivity index (χ3v) is 5.04. The van der Waals surface area contributed by atoms with Crippen molar-refractivity contribution < 1.29 is 13.6 Å². The van der Waals surface area contributed by atoms with Gasteiger partial charge in [0.25, 0.3) is 5.91 Å². The number of thiocarbonyl (C=S) groups is 1. The van der Waals surface area contributed by atoms with Gasteiger partial charge in [0.2, 0.25) is 0 Å². The number of halogens is 2. The molecule has 1 amide bonds. The number of carbonyl (C=O) groups is 1. The summed E-state index contributed by atoms with van der Waals surface area (Å²) < 4.78 is 19.7. The first-order chi connectivity index (χ1) is 12.0. The van der Waals surface area contributed by atoms with Crippen molar-refractivity contribution in [3.05, 3.63) is 58.2 Å². The Morgan fingerprint density at radius 2 is 2.16 bits per heavy atom. The van der Waals surface area contributed by atoms with E-state index >= 15 is 0 Å². The molecule has 0 radical (unpaired) electrons. The Labute approximate surface area is 156 Å². The van der Waals surface area contributed by atoms with Crippen molar-refractivity contribution in [3.8, 4) is 11.1 Å². The fraction of sp³-hybridized carbons (Fsp3) is 0. The second-order valence-electron chi connectivity index (χ2n) is 5.24. The Bertz CT molecular complexity index is 1080. The molecule has 0 atom stereocenters. The van der Waals surface area contributed by atoms with Gasteiger partial charge in [-0.15, -0.1) is 0 Å². The van der Waals surface area contributed by atoms with Gasteiger partial charge in [-0.2, -0.15) is 0 Å². The molecular formula is C17H8ClFN2O2S2. The molecule has 4 rings (SSSR count). The van der Waals surface area contributed by atoms with Gasteiger partial charge >= 0.3 is 0 Å². The maximum atomic E-state index is 13.4. The number of rotatable bonds is 2. The summed E-state index contributed by atoms with van der Waals surface area (Å²) in [5.41, 5.74) is 1.95. The number of nitrogens with one attached hydrogen (secondary N) is 1. The highest BCUT2D eigenvalue weighted by atomic mass is 35.5. The third kappa shape index (κ3) is 3.06. The van der Waals surface area contributed by atoms with Crippen LogP contribution in [0.3, 0.4) is 0 Å². The predicted molar refractivity (Wildman–Crippen MR) is 101 cm³/mol. The highest BCUT2D eigenvalue weighted by molar-refractivity contribution is 8.26. The zero-order valence-electron chi connectivity index (χ0n) is 12.4. The molecule has 124 valence electrons. The average Bonchev–Trinajstić information content (AvgIpc) is 3.12. The van der Waals surface area contributed by atoms with Crippen molar-refractivity contribution in [2.45, 2.75) is 0 Å². The van der Waals surface area contributed by atoms with Crippen LogP contribution >= 0.6 is 35.6 Å². The number of hydrogen-bond acceptors (Lipinski definition) is 5. The lowest BCUT2D eigenvalue weighted by Gasteiger charge is -2.03. The number of aromatic nitrogens is 1. The lowest BCUT2D eigenvalue weighted by atomic mass is 10.1. The summed E-state index contributed by atoms with van der Waals surface area (Å²) in [7, 11) is 0. The summed E-state index contributed by atoms with van der Waals surface area (Å²) in [6.07, 6.45) is 4.90. The largest absolute Gasteiger partial charge is 0.456 e. The molecule has 0 bridgehead atoms. The molecule has 0 saturated carbocycles. The molecule has 3 heterocycles. The molecular weight excluding hydrogens is 383 g/mol. The number of furan rings is 1. The van der Waals surface area contributed by atoms with Crippen LogP contribution in [0.2, 0.25) is 5.02 Å². The Kier molecular flexibility index (Phi) is 4.07. The molecule has 1 N–H and O–H groups in total. The van der Waals surface area contributed by atoms with Crippen LogP contribution in [0.15, 0.2) is 46.0 Å². The van der Waals surface area contributed by atoms with Crippen LogP contribution in [0, 0.1) is 5.82 Å². The molecule has 1 fully saturated rings. The van der Waals surface area contributed by atoms with Crippen LogP contribution < -0.4 is 5.32 Å². The first-order valence-corrected chi connectivity index (χ1v) is 8.69. The maximum Gasteiger partial charge on any atom is 0.263 e. The number of fused-ring (bicyclic) bond motifs is 1. The fourth-order valence-corrected chi connectivity index (χ4v) is 3.68. The first-order valence-electron chi connectivity index (χ1n) is 7.09. The van der Waals surface area contributed by atoms with Gasteiger partial charge in [0.15, 0.2) is 0 Å². The number of thioether (sulfide) groups is 1. The van der Waals surface area contributed by atoms with E-state index in [4.69, 9.17) is 28.2 Å². The molecule has 8 heteroatoms. The highest BCUT2D eigenvalue weighted by Gasteiger charge is 2.23. The molecule has 0 aliphatic carbocycles. The molecule has 4 nitrogen and oxygen atoms in total. The number of carbonyl (C=O) groups excluding carboxylic acids is 1. The van der Waals surface area contributed by atoms with E-state index < -0.39 is 5.82 Å². The minimum atomic E-state index is -0.490. The smallest absolute Gasteiger partial charge is 0.263 e. The quantitative estimate of drug-likeness (QED) is 0.504. The summed E-state index contributed by atoms with van der Waals surface area (Å²) in [6.45, 7) is 0. The van der Waals surface area contributed by atoms with Gasteiger partial charge in [-0.05, 0) is 23.8 Å². The van der Waals surface area contributed by atoms with E-state index in [9.17, 15) is 9.18 Å². The lowest BCUT2D eigenvalue weighted by Crippen LogP contribution is -2.17. The van der Waals surface area contributed by atoms with Gasteiger partial charge in [-0.1, -0.05) is 41.6 Å². The zero-order chi connectivity index (χ0) is 17.6. The van der Waals surface area contributed by atoms with Crippen LogP contribution in [-0.4, -0.2) is 15.2 Å². The predicted octanol–water partition coefficient (Wildman–Crippen LogP) is 4.78. The van der Waals surface area contributed by atoms with Gasteiger partial charge in [0, 0.05) is 29.4 Å². The van der Waals surface area contributed by atoms with Crippen molar-refractivity contribution >= 4 is 62.9 Å². The monoisotopic (exact) mass is 390 g/mol. The van der Waals surface area contributed by atoms with Crippen molar-refractivity contribution in [2.24, 2.45) is 0 Å². The molecule has 25 heavy (non-hydrogen) atoms. The van der Waals surface area contributed by atoms with Crippen LogP contribution in [0.5, 0.6) is 0 Å². The van der Waals surface area contributed by atoms with Crippen molar-refractivity contribution in [3.63, 3.8) is 0 Å². The Morgan fingerprint density at radius 1 is 1.32 bits per heavy atom. The van der Waals surface area contributed by atoms with E-state index in [0.717, 1.165) is 5.39 Å². The summed E-state index contributed by atoms with van der Waals surface area (Å²) >= 11 is 12.0. The van der Waals surface area contributed by atoms with E-state index in [2.05, 4.69) is 10.3 Å². The van der Waals surface area contributed by atoms with Crippen LogP contribution in [0.1, 0.15) is 5.76 Å². The van der Waals surface area contributed by atoms with E-state index in [1.807, 2.05) is 0 Å². The average molecular weight is 391 g/mol. The molecule has 0 unspecified atom stereocenters. The number of pyridine rings is 1. The van der Waals surface area contributed by atoms with E-state index in [0.29, 0.717) is 31.7 Å². The number of hydrogen-bond donors (Lipinski definition) is 1. The molecule has 1 saturated heterocycles. The fourth-order valence-electron chi connectivity index (χ4n) is 2.47. The third-order valence-electron chi connectivity index (χ3n) is 3.59. The second kappa shape index (κ2) is 6.25. The lowest BCUT2D eigenvalue weighted by molar-refractivity contribution is -0.115. The van der Waals surface area contributed by atoms with Gasteiger partial charge in [-0.25, -0.2) is 4.39 Å². The van der Waals surface area contributed by atoms with Crippen molar-refractivity contribution in [1.29, 1.82) is 0 Å². The first kappa shape index (κ1) is 16.3. The van der Waals surface area contributed by atoms with Gasteiger partial charge in [0.05, 0.1) is 9.93 Å². The summed E-state index contributed by atoms with van der Waals surface area (Å²) in [6, 6.07) is 6.20. The van der Waals surface area contributed by atoms with Gasteiger partial charge in [0.1, 0.15) is 21.5 Å². The van der Waals surface area contributed by atoms with Crippen molar-refractivity contribution in [2.75, 3.05) is 0 Å². The van der Waals surface area contributed by atoms with Gasteiger partial charge in [-0.3, -0.25) is 9.78 Å². The minimum absolute atomic E-state index is 0.0240. The van der Waals surface area contributed by atoms with E-state index in [1.165, 1.54) is 23.9 Å². The number of benzene rings is 1. The van der Waals surface area contributed by atoms with Crippen LogP contribution in [-0.2, 0) is 4.79 Å². The van der Waals surface area contributed by atoms with E-state index in [-0.39, 0.29) is 10.9 Å². The van der Waals surface area contributed by atoms with Crippen LogP contribution in [0.25, 0.3) is 28.2 Å². The standard InChI is InChI=1S/C17H8ClFN2O2S2/c18-12-4-8(1-2-13(12)19)11-7-20-6-9-3-10(23-15(9)11)5-14-16(22)21-17(24)25-14/h1-7H,(H,21,22,24). The summed E-state index contributed by atoms with van der Waals surface area (Å²) in [4.78, 5) is 16.4. The van der Waals surface area contributed by atoms with E-state index in [1.54, 1.807) is 30.6 Å². The summed E-state index contributed by atoms with van der Waals surface area (Å²) in [5, 5.41) is 3.34. The maximum absolute atomic E-state index is 13.4. The molecule has 1 aromatic carbocycles. The minimum Gasteiger partial charge on any atom is -0.456 e. The molecule has 0 spiro atoms. The Hall–Kier alpha value is -2.22. The van der Waals surface area contributed by atoms with Gasteiger partial charge < -0.3 is 9.73 Å². The topological polar surface area (TPSA) is 55.1 Å². The number of nitrogens with zero attached hydrogens (tertiary/aromatic N) is 1. The molecule has 1 aliphatic rings. The van der Waals surface area contributed by atoms with Crippen LogP contribution in [0.4, 0.5) is 4.39 Å². The Balaban J connectivity index is 1.81. The SMILES string of the molecule is O=C1NC(=S)SC1=Cc1cc2cncc(-c3ccc(F)c(Cl)c3)c2o1. The zero-order valence-corrected chi connectivity index (χ0v) is 14.8. The highest BCUT2D eigenvalue weighted by Crippen LogP contribution is 2.34. The molecule has 1 aliphatic heterocycles. The number of amides is 1. The Morgan fingerprint density at radius 3 is 2.88 bits per heavy atom. The molecule has 3 aromatic rings.